The number of hydrogen-bond donors (Lipinski definition) is 0. The Kier molecular flexibility index (Phi) is 4.24. The maximum Gasteiger partial charge on any atom is 0.163 e. The van der Waals surface area contributed by atoms with E-state index in [0.717, 1.165) is 11.1 Å². The van der Waals surface area contributed by atoms with Crippen molar-refractivity contribution in [1.29, 1.82) is 0 Å². The van der Waals surface area contributed by atoms with Gasteiger partial charge in [-0.3, -0.25) is 4.79 Å². The number of rotatable bonds is 5. The van der Waals surface area contributed by atoms with Crippen LogP contribution in [0.4, 0.5) is 0 Å². The van der Waals surface area contributed by atoms with E-state index in [-0.39, 0.29) is 5.78 Å². The standard InChI is InChI=1S/C19H18O3/c1-14(15-5-3-2-4-6-15)7-9-17(20)16-8-10-18-19(13-16)22-12-11-21-18/h2-6,8,10,13H,1,7,9,11-12H2. The summed E-state index contributed by atoms with van der Waals surface area (Å²) >= 11 is 0. The Balaban J connectivity index is 1.64. The quantitative estimate of drug-likeness (QED) is 0.778. The van der Waals surface area contributed by atoms with Crippen LogP contribution in [0.1, 0.15) is 28.8 Å². The lowest BCUT2D eigenvalue weighted by Crippen LogP contribution is -2.15. The van der Waals surface area contributed by atoms with E-state index in [2.05, 4.69) is 6.58 Å². The molecule has 2 aromatic carbocycles. The topological polar surface area (TPSA) is 35.5 Å². The van der Waals surface area contributed by atoms with Crippen molar-refractivity contribution >= 4 is 11.4 Å². The third kappa shape index (κ3) is 3.19. The zero-order valence-corrected chi connectivity index (χ0v) is 12.4. The lowest BCUT2D eigenvalue weighted by atomic mass is 9.99. The Labute approximate surface area is 130 Å². The molecule has 1 aliphatic heterocycles. The average molecular weight is 294 g/mol. The molecule has 3 nitrogen and oxygen atoms in total. The fraction of sp³-hybridized carbons (Fsp3) is 0.211. The summed E-state index contributed by atoms with van der Waals surface area (Å²) < 4.78 is 11.0. The summed E-state index contributed by atoms with van der Waals surface area (Å²) in [7, 11) is 0. The molecule has 1 heterocycles. The van der Waals surface area contributed by atoms with Gasteiger partial charge < -0.3 is 9.47 Å². The Morgan fingerprint density at radius 1 is 0.909 bits per heavy atom. The van der Waals surface area contributed by atoms with Gasteiger partial charge in [-0.05, 0) is 35.8 Å². The first-order chi connectivity index (χ1) is 10.7. The van der Waals surface area contributed by atoms with Crippen LogP contribution in [0.2, 0.25) is 0 Å². The van der Waals surface area contributed by atoms with E-state index in [9.17, 15) is 4.79 Å². The zero-order chi connectivity index (χ0) is 15.4. The molecule has 0 radical (unpaired) electrons. The lowest BCUT2D eigenvalue weighted by Gasteiger charge is -2.18. The summed E-state index contributed by atoms with van der Waals surface area (Å²) in [6, 6.07) is 15.3. The van der Waals surface area contributed by atoms with E-state index in [4.69, 9.17) is 9.47 Å². The van der Waals surface area contributed by atoms with Crippen LogP contribution in [-0.4, -0.2) is 19.0 Å². The molecule has 0 N–H and O–H groups in total. The van der Waals surface area contributed by atoms with Crippen LogP contribution in [0.3, 0.4) is 0 Å². The Hall–Kier alpha value is -2.55. The number of Topliss-reactive ketones (excluding diaryl/α,β-unsaturated/α-hetero) is 1. The van der Waals surface area contributed by atoms with Crippen molar-refractivity contribution in [2.45, 2.75) is 12.8 Å². The normalized spacial score (nSPS) is 12.7. The zero-order valence-electron chi connectivity index (χ0n) is 12.4. The molecule has 0 atom stereocenters. The van der Waals surface area contributed by atoms with Gasteiger partial charge in [0, 0.05) is 12.0 Å². The molecule has 0 spiro atoms. The Morgan fingerprint density at radius 2 is 1.64 bits per heavy atom. The number of benzene rings is 2. The maximum atomic E-state index is 12.3. The van der Waals surface area contributed by atoms with Gasteiger partial charge in [-0.2, -0.15) is 0 Å². The predicted octanol–water partition coefficient (Wildman–Crippen LogP) is 4.13. The molecule has 112 valence electrons. The predicted molar refractivity (Wildman–Crippen MR) is 86.5 cm³/mol. The van der Waals surface area contributed by atoms with Gasteiger partial charge in [0.05, 0.1) is 0 Å². The Bertz CT molecular complexity index is 689. The largest absolute Gasteiger partial charge is 0.486 e. The smallest absolute Gasteiger partial charge is 0.163 e. The number of fused-ring (bicyclic) bond motifs is 1. The number of allylic oxidation sites excluding steroid dienone is 1. The van der Waals surface area contributed by atoms with Crippen molar-refractivity contribution in [3.63, 3.8) is 0 Å². The molecule has 0 aliphatic carbocycles. The molecular weight excluding hydrogens is 276 g/mol. The van der Waals surface area contributed by atoms with Gasteiger partial charge in [-0.25, -0.2) is 0 Å². The molecule has 0 aromatic heterocycles. The first-order valence-electron chi connectivity index (χ1n) is 7.40. The number of ether oxygens (including phenoxy) is 2. The monoisotopic (exact) mass is 294 g/mol. The minimum absolute atomic E-state index is 0.0917. The van der Waals surface area contributed by atoms with E-state index in [0.29, 0.717) is 43.1 Å². The van der Waals surface area contributed by atoms with Gasteiger partial charge in [0.25, 0.3) is 0 Å². The third-order valence-electron chi connectivity index (χ3n) is 3.70. The van der Waals surface area contributed by atoms with Crippen molar-refractivity contribution in [1.82, 2.24) is 0 Å². The van der Waals surface area contributed by atoms with Gasteiger partial charge in [-0.15, -0.1) is 0 Å². The summed E-state index contributed by atoms with van der Waals surface area (Å²) in [5.74, 6) is 1.45. The first kappa shape index (κ1) is 14.4. The minimum Gasteiger partial charge on any atom is -0.486 e. The van der Waals surface area contributed by atoms with Crippen LogP contribution >= 0.6 is 0 Å². The Morgan fingerprint density at radius 3 is 2.41 bits per heavy atom. The fourth-order valence-electron chi connectivity index (χ4n) is 2.44. The highest BCUT2D eigenvalue weighted by molar-refractivity contribution is 5.97. The molecule has 0 amide bonds. The molecule has 0 bridgehead atoms. The number of hydrogen-bond acceptors (Lipinski definition) is 3. The van der Waals surface area contributed by atoms with E-state index < -0.39 is 0 Å². The molecule has 1 aliphatic rings. The van der Waals surface area contributed by atoms with Crippen LogP contribution in [0.15, 0.2) is 55.1 Å². The van der Waals surface area contributed by atoms with E-state index >= 15 is 0 Å². The molecule has 0 fully saturated rings. The van der Waals surface area contributed by atoms with Gasteiger partial charge in [-0.1, -0.05) is 36.9 Å². The number of ketones is 1. The van der Waals surface area contributed by atoms with Crippen LogP contribution in [-0.2, 0) is 0 Å². The van der Waals surface area contributed by atoms with Crippen molar-refractivity contribution in [3.8, 4) is 11.5 Å². The second-order valence-electron chi connectivity index (χ2n) is 5.25. The van der Waals surface area contributed by atoms with Gasteiger partial charge in [0.2, 0.25) is 0 Å². The van der Waals surface area contributed by atoms with Crippen LogP contribution < -0.4 is 9.47 Å². The highest BCUT2D eigenvalue weighted by Crippen LogP contribution is 2.31. The van der Waals surface area contributed by atoms with Crippen LogP contribution in [0, 0.1) is 0 Å². The highest BCUT2D eigenvalue weighted by Gasteiger charge is 2.15. The van der Waals surface area contributed by atoms with Gasteiger partial charge in [0.15, 0.2) is 17.3 Å². The molecule has 3 rings (SSSR count). The number of carbonyl (C=O) groups is 1. The van der Waals surface area contributed by atoms with Crippen LogP contribution in [0.25, 0.3) is 5.57 Å². The third-order valence-corrected chi connectivity index (χ3v) is 3.70. The summed E-state index contributed by atoms with van der Waals surface area (Å²) in [6.45, 7) is 5.14. The van der Waals surface area contributed by atoms with Crippen molar-refractivity contribution in [2.24, 2.45) is 0 Å². The SMILES string of the molecule is C=C(CCC(=O)c1ccc2c(c1)OCCO2)c1ccccc1. The molecule has 0 saturated carbocycles. The molecule has 0 saturated heterocycles. The maximum absolute atomic E-state index is 12.3. The second kappa shape index (κ2) is 6.48. The van der Waals surface area contributed by atoms with Gasteiger partial charge in [0.1, 0.15) is 13.2 Å². The van der Waals surface area contributed by atoms with Crippen molar-refractivity contribution in [3.05, 3.63) is 66.2 Å². The minimum atomic E-state index is 0.0917. The summed E-state index contributed by atoms with van der Waals surface area (Å²) in [5, 5.41) is 0. The summed E-state index contributed by atoms with van der Waals surface area (Å²) in [6.07, 6.45) is 1.09. The van der Waals surface area contributed by atoms with E-state index in [1.54, 1.807) is 18.2 Å². The first-order valence-corrected chi connectivity index (χ1v) is 7.40. The van der Waals surface area contributed by atoms with Crippen LogP contribution in [0.5, 0.6) is 11.5 Å². The highest BCUT2D eigenvalue weighted by atomic mass is 16.6. The molecule has 3 heteroatoms. The fourth-order valence-corrected chi connectivity index (χ4v) is 2.44. The average Bonchev–Trinajstić information content (AvgIpc) is 2.59. The summed E-state index contributed by atoms with van der Waals surface area (Å²) in [4.78, 5) is 12.3. The summed E-state index contributed by atoms with van der Waals surface area (Å²) in [5.41, 5.74) is 2.72. The molecular formula is C19H18O3. The van der Waals surface area contributed by atoms with Crippen molar-refractivity contribution in [2.75, 3.05) is 13.2 Å². The van der Waals surface area contributed by atoms with Gasteiger partial charge >= 0.3 is 0 Å². The second-order valence-corrected chi connectivity index (χ2v) is 5.25. The van der Waals surface area contributed by atoms with E-state index in [1.165, 1.54) is 0 Å². The molecule has 2 aromatic rings. The lowest BCUT2D eigenvalue weighted by molar-refractivity contribution is 0.0983. The molecule has 0 unspecified atom stereocenters. The van der Waals surface area contributed by atoms with E-state index in [1.807, 2.05) is 30.3 Å². The van der Waals surface area contributed by atoms with Crippen molar-refractivity contribution < 1.29 is 14.3 Å². The number of carbonyl (C=O) groups excluding carboxylic acids is 1. The molecule has 22 heavy (non-hydrogen) atoms.